The van der Waals surface area contributed by atoms with E-state index in [-0.39, 0.29) is 5.41 Å². The van der Waals surface area contributed by atoms with E-state index < -0.39 is 0 Å². The summed E-state index contributed by atoms with van der Waals surface area (Å²) in [4.78, 5) is 0. The van der Waals surface area contributed by atoms with Gasteiger partial charge in [-0.1, -0.05) is 124 Å². The lowest BCUT2D eigenvalue weighted by atomic mass is 9.81. The quantitative estimate of drug-likeness (QED) is 0.187. The third-order valence-corrected chi connectivity index (χ3v) is 11.6. The number of rotatable bonds is 3. The molecule has 0 saturated carbocycles. The maximum atomic E-state index is 6.56. The van der Waals surface area contributed by atoms with Crippen LogP contribution >= 0.6 is 0 Å². The molecule has 10 rings (SSSR count). The molecule has 1 aromatic heterocycles. The first kappa shape index (κ1) is 29.3. The molecule has 0 fully saturated rings. The summed E-state index contributed by atoms with van der Waals surface area (Å²) >= 11 is 0. The maximum absolute atomic E-state index is 6.56. The summed E-state index contributed by atoms with van der Waals surface area (Å²) in [6.45, 7) is 7.08. The second-order valence-electron chi connectivity index (χ2n) is 14.9. The summed E-state index contributed by atoms with van der Waals surface area (Å²) in [5.74, 6) is 0.479. The van der Waals surface area contributed by atoms with Crippen molar-refractivity contribution in [2.75, 3.05) is 0 Å². The molecule has 0 saturated heterocycles. The van der Waals surface area contributed by atoms with Gasteiger partial charge in [-0.05, 0) is 139 Å². The molecule has 0 aliphatic heterocycles. The lowest BCUT2D eigenvalue weighted by molar-refractivity contribution is 0.660. The Morgan fingerprint density at radius 1 is 0.480 bits per heavy atom. The van der Waals surface area contributed by atoms with Crippen LogP contribution in [0.25, 0.3) is 77.6 Å². The minimum Gasteiger partial charge on any atom is -0.456 e. The summed E-state index contributed by atoms with van der Waals surface area (Å²) in [6, 6.07) is 54.1. The first-order valence-electron chi connectivity index (χ1n) is 18.0. The van der Waals surface area contributed by atoms with Crippen molar-refractivity contribution >= 4 is 21.9 Å². The van der Waals surface area contributed by atoms with Crippen LogP contribution in [0.4, 0.5) is 0 Å². The van der Waals surface area contributed by atoms with Crippen LogP contribution in [-0.2, 0) is 11.8 Å². The molecular formula is C49H38O. The maximum Gasteiger partial charge on any atom is 0.135 e. The Labute approximate surface area is 293 Å². The van der Waals surface area contributed by atoms with Crippen molar-refractivity contribution < 1.29 is 4.42 Å². The van der Waals surface area contributed by atoms with E-state index in [1.54, 1.807) is 0 Å². The van der Waals surface area contributed by atoms with Gasteiger partial charge in [-0.15, -0.1) is 0 Å². The first-order valence-corrected chi connectivity index (χ1v) is 18.0. The van der Waals surface area contributed by atoms with E-state index in [1.807, 2.05) is 0 Å². The Morgan fingerprint density at radius 3 is 2.02 bits per heavy atom. The summed E-state index contributed by atoms with van der Waals surface area (Å²) in [5.41, 5.74) is 20.3. The summed E-state index contributed by atoms with van der Waals surface area (Å²) in [6.07, 6.45) is 2.16. The third-order valence-electron chi connectivity index (χ3n) is 11.6. The van der Waals surface area contributed by atoms with E-state index in [2.05, 4.69) is 166 Å². The highest BCUT2D eigenvalue weighted by Crippen LogP contribution is 2.50. The molecule has 2 aliphatic rings. The van der Waals surface area contributed by atoms with Gasteiger partial charge in [0, 0.05) is 16.2 Å². The predicted molar refractivity (Wildman–Crippen MR) is 210 cm³/mol. The van der Waals surface area contributed by atoms with Gasteiger partial charge in [-0.3, -0.25) is 0 Å². The van der Waals surface area contributed by atoms with E-state index in [0.717, 1.165) is 24.0 Å². The zero-order chi connectivity index (χ0) is 33.6. The van der Waals surface area contributed by atoms with Crippen molar-refractivity contribution in [2.45, 2.75) is 44.9 Å². The zero-order valence-corrected chi connectivity index (χ0v) is 28.8. The molecule has 240 valence electrons. The SMILES string of the molecule is C[C@H]1CCc2cc3oc4ccc(-c5ccc6c(c5)C(C)(C)c5ccccc5-6)cc4c3cc2-c2cc(-c3cccc(-c4ccccc4)c3)ccc21. The third kappa shape index (κ3) is 4.46. The van der Waals surface area contributed by atoms with Gasteiger partial charge in [0.1, 0.15) is 11.2 Å². The van der Waals surface area contributed by atoms with Crippen LogP contribution < -0.4 is 0 Å². The zero-order valence-electron chi connectivity index (χ0n) is 28.8. The first-order chi connectivity index (χ1) is 24.4. The normalized spacial score (nSPS) is 15.7. The van der Waals surface area contributed by atoms with Crippen molar-refractivity contribution in [3.05, 3.63) is 168 Å². The topological polar surface area (TPSA) is 13.1 Å². The van der Waals surface area contributed by atoms with Gasteiger partial charge >= 0.3 is 0 Å². The Kier molecular flexibility index (Phi) is 6.39. The average Bonchev–Trinajstić information content (AvgIpc) is 3.58. The van der Waals surface area contributed by atoms with Crippen LogP contribution in [0.5, 0.6) is 0 Å². The van der Waals surface area contributed by atoms with E-state index in [1.165, 1.54) is 88.7 Å². The number of furan rings is 1. The lowest BCUT2D eigenvalue weighted by Gasteiger charge is -2.22. The fourth-order valence-corrected chi connectivity index (χ4v) is 8.82. The fraction of sp³-hybridized carbons (Fsp3) is 0.143. The Balaban J connectivity index is 1.10. The highest BCUT2D eigenvalue weighted by Gasteiger charge is 2.35. The van der Waals surface area contributed by atoms with E-state index in [0.29, 0.717) is 5.92 Å². The molecule has 2 aliphatic carbocycles. The molecular weight excluding hydrogens is 605 g/mol. The number of aryl methyl sites for hydroxylation is 1. The summed E-state index contributed by atoms with van der Waals surface area (Å²) in [5, 5.41) is 2.36. The molecule has 1 nitrogen and oxygen atoms in total. The van der Waals surface area contributed by atoms with Gasteiger partial charge in [0.25, 0.3) is 0 Å². The van der Waals surface area contributed by atoms with E-state index in [9.17, 15) is 0 Å². The second kappa shape index (κ2) is 10.9. The minimum absolute atomic E-state index is 0.0296. The Hall–Kier alpha value is -5.66. The van der Waals surface area contributed by atoms with Gasteiger partial charge in [0.2, 0.25) is 0 Å². The molecule has 7 aromatic carbocycles. The van der Waals surface area contributed by atoms with Gasteiger partial charge in [-0.2, -0.15) is 0 Å². The van der Waals surface area contributed by atoms with Crippen molar-refractivity contribution in [3.63, 3.8) is 0 Å². The number of hydrogen-bond acceptors (Lipinski definition) is 1. The molecule has 0 N–H and O–H groups in total. The minimum atomic E-state index is -0.0296. The molecule has 1 atom stereocenters. The average molecular weight is 643 g/mol. The van der Waals surface area contributed by atoms with Crippen LogP contribution in [0.1, 0.15) is 55.4 Å². The monoisotopic (exact) mass is 642 g/mol. The van der Waals surface area contributed by atoms with Crippen molar-refractivity contribution in [2.24, 2.45) is 0 Å². The van der Waals surface area contributed by atoms with E-state index in [4.69, 9.17) is 4.42 Å². The Bertz CT molecular complexity index is 2630. The van der Waals surface area contributed by atoms with Crippen LogP contribution in [0.2, 0.25) is 0 Å². The van der Waals surface area contributed by atoms with Crippen molar-refractivity contribution in [1.82, 2.24) is 0 Å². The molecule has 50 heavy (non-hydrogen) atoms. The van der Waals surface area contributed by atoms with Gasteiger partial charge in [0.15, 0.2) is 0 Å². The van der Waals surface area contributed by atoms with Crippen LogP contribution in [0.15, 0.2) is 150 Å². The van der Waals surface area contributed by atoms with Gasteiger partial charge < -0.3 is 4.42 Å². The summed E-state index contributed by atoms with van der Waals surface area (Å²) in [7, 11) is 0. The van der Waals surface area contributed by atoms with Crippen LogP contribution in [0, 0.1) is 0 Å². The molecule has 0 radical (unpaired) electrons. The molecule has 0 spiro atoms. The molecule has 1 heterocycles. The highest BCUT2D eigenvalue weighted by atomic mass is 16.3. The molecule has 0 amide bonds. The Morgan fingerprint density at radius 2 is 1.14 bits per heavy atom. The number of benzene rings is 7. The summed E-state index contributed by atoms with van der Waals surface area (Å²) < 4.78 is 6.56. The molecule has 0 unspecified atom stereocenters. The smallest absolute Gasteiger partial charge is 0.135 e. The molecule has 1 heteroatoms. The second-order valence-corrected chi connectivity index (χ2v) is 14.9. The number of hydrogen-bond donors (Lipinski definition) is 0. The van der Waals surface area contributed by atoms with Crippen LogP contribution in [0.3, 0.4) is 0 Å². The van der Waals surface area contributed by atoms with Gasteiger partial charge in [0.05, 0.1) is 0 Å². The highest BCUT2D eigenvalue weighted by molar-refractivity contribution is 6.08. The lowest BCUT2D eigenvalue weighted by Crippen LogP contribution is -2.14. The van der Waals surface area contributed by atoms with Crippen LogP contribution in [-0.4, -0.2) is 0 Å². The predicted octanol–water partition coefficient (Wildman–Crippen LogP) is 13.6. The molecule has 8 aromatic rings. The van der Waals surface area contributed by atoms with Crippen molar-refractivity contribution in [1.29, 1.82) is 0 Å². The van der Waals surface area contributed by atoms with Gasteiger partial charge in [-0.25, -0.2) is 0 Å². The number of fused-ring (bicyclic) bond motifs is 9. The standard InChI is InChI=1S/C49H38O/c1-30-16-17-37-28-48-44(29-41(37)42-25-34(18-21-38(30)42)33-13-9-12-32(24-33)31-10-5-4-6-11-31)43-26-35(20-23-47(43)50-48)36-19-22-40-39-14-7-8-15-45(39)49(2,3)46(40)27-36/h4-15,18-30H,16-17H2,1-3H3/t30-/m0/s1. The fourth-order valence-electron chi connectivity index (χ4n) is 8.82. The molecule has 0 bridgehead atoms. The van der Waals surface area contributed by atoms with E-state index >= 15 is 0 Å². The van der Waals surface area contributed by atoms with Crippen molar-refractivity contribution in [3.8, 4) is 55.6 Å². The largest absolute Gasteiger partial charge is 0.456 e.